The van der Waals surface area contributed by atoms with Crippen LogP contribution in [-0.4, -0.2) is 23.7 Å². The molecule has 0 aliphatic rings. The molecular formula is C10H13Br2NO2S. The van der Waals surface area contributed by atoms with Crippen molar-refractivity contribution in [2.24, 2.45) is 5.92 Å². The fourth-order valence-corrected chi connectivity index (χ4v) is 3.82. The van der Waals surface area contributed by atoms with E-state index in [1.54, 1.807) is 6.07 Å². The lowest BCUT2D eigenvalue weighted by molar-refractivity contribution is 0.0871. The van der Waals surface area contributed by atoms with Gasteiger partial charge in [0.2, 0.25) is 0 Å². The summed E-state index contributed by atoms with van der Waals surface area (Å²) in [6.07, 6.45) is -0.509. The number of aliphatic hydroxyl groups is 1. The van der Waals surface area contributed by atoms with Gasteiger partial charge in [-0.25, -0.2) is 0 Å². The zero-order chi connectivity index (χ0) is 12.3. The Balaban J connectivity index is 2.56. The lowest BCUT2D eigenvalue weighted by Crippen LogP contribution is -2.34. The second-order valence-electron chi connectivity index (χ2n) is 3.76. The molecule has 0 aliphatic heterocycles. The summed E-state index contributed by atoms with van der Waals surface area (Å²) in [6, 6.07) is 1.76. The Morgan fingerprint density at radius 3 is 2.62 bits per heavy atom. The molecule has 90 valence electrons. The van der Waals surface area contributed by atoms with Gasteiger partial charge in [-0.3, -0.25) is 4.79 Å². The predicted octanol–water partition coefficient (Wildman–Crippen LogP) is 3.02. The van der Waals surface area contributed by atoms with Crippen molar-refractivity contribution in [3.8, 4) is 0 Å². The topological polar surface area (TPSA) is 49.3 Å². The molecule has 0 radical (unpaired) electrons. The first-order valence-electron chi connectivity index (χ1n) is 4.83. The van der Waals surface area contributed by atoms with Gasteiger partial charge in [-0.2, -0.15) is 0 Å². The number of halogens is 2. The van der Waals surface area contributed by atoms with Crippen molar-refractivity contribution in [2.45, 2.75) is 20.0 Å². The summed E-state index contributed by atoms with van der Waals surface area (Å²) in [7, 11) is 0. The quantitative estimate of drug-likeness (QED) is 0.855. The molecule has 3 nitrogen and oxygen atoms in total. The smallest absolute Gasteiger partial charge is 0.253 e. The van der Waals surface area contributed by atoms with Gasteiger partial charge >= 0.3 is 0 Å². The minimum atomic E-state index is -0.509. The third-order valence-electron chi connectivity index (χ3n) is 2.14. The third-order valence-corrected chi connectivity index (χ3v) is 4.48. The maximum atomic E-state index is 11.7. The number of carbonyl (C=O) groups is 1. The highest BCUT2D eigenvalue weighted by Gasteiger charge is 2.15. The van der Waals surface area contributed by atoms with E-state index in [-0.39, 0.29) is 18.4 Å². The van der Waals surface area contributed by atoms with Gasteiger partial charge in [0, 0.05) is 6.54 Å². The summed E-state index contributed by atoms with van der Waals surface area (Å²) in [6.45, 7) is 4.10. The second kappa shape index (κ2) is 6.14. The fraction of sp³-hybridized carbons (Fsp3) is 0.500. The number of aliphatic hydroxyl groups excluding tert-OH is 1. The van der Waals surface area contributed by atoms with E-state index in [2.05, 4.69) is 37.2 Å². The number of amides is 1. The number of nitrogens with one attached hydrogen (secondary N) is 1. The van der Waals surface area contributed by atoms with Crippen LogP contribution in [0.5, 0.6) is 0 Å². The van der Waals surface area contributed by atoms with Gasteiger partial charge in [0.15, 0.2) is 0 Å². The van der Waals surface area contributed by atoms with Crippen LogP contribution in [0.25, 0.3) is 0 Å². The standard InChI is InChI=1S/C10H13Br2NO2S/c1-5(2)7(14)4-13-10(15)6-3-8(11)16-9(6)12/h3,5,7,14H,4H2,1-2H3,(H,13,15). The van der Waals surface area contributed by atoms with E-state index < -0.39 is 6.10 Å². The highest BCUT2D eigenvalue weighted by Crippen LogP contribution is 2.31. The maximum absolute atomic E-state index is 11.7. The monoisotopic (exact) mass is 369 g/mol. The number of rotatable bonds is 4. The molecule has 1 aromatic heterocycles. The molecule has 1 aromatic rings. The van der Waals surface area contributed by atoms with E-state index in [9.17, 15) is 9.90 Å². The molecule has 6 heteroatoms. The first-order chi connectivity index (χ1) is 7.41. The number of hydrogen-bond donors (Lipinski definition) is 2. The molecule has 0 fully saturated rings. The summed E-state index contributed by atoms with van der Waals surface area (Å²) in [5.74, 6) is -0.0357. The summed E-state index contributed by atoms with van der Waals surface area (Å²) in [5, 5.41) is 12.3. The van der Waals surface area contributed by atoms with E-state index in [0.717, 1.165) is 7.57 Å². The zero-order valence-corrected chi connectivity index (χ0v) is 12.9. The first kappa shape index (κ1) is 14.2. The van der Waals surface area contributed by atoms with Crippen molar-refractivity contribution in [3.63, 3.8) is 0 Å². The van der Waals surface area contributed by atoms with Gasteiger partial charge in [0.1, 0.15) is 0 Å². The van der Waals surface area contributed by atoms with Crippen LogP contribution < -0.4 is 5.32 Å². The molecule has 2 N–H and O–H groups in total. The van der Waals surface area contributed by atoms with Crippen molar-refractivity contribution in [1.82, 2.24) is 5.32 Å². The molecule has 0 spiro atoms. The Hall–Kier alpha value is 0.0900. The molecule has 0 bridgehead atoms. The Bertz CT molecular complexity index is 379. The lowest BCUT2D eigenvalue weighted by atomic mass is 10.1. The van der Waals surface area contributed by atoms with Gasteiger partial charge in [-0.15, -0.1) is 11.3 Å². The first-order valence-corrected chi connectivity index (χ1v) is 7.23. The third kappa shape index (κ3) is 3.84. The van der Waals surface area contributed by atoms with Crippen molar-refractivity contribution in [3.05, 3.63) is 19.2 Å². The van der Waals surface area contributed by atoms with Gasteiger partial charge in [-0.1, -0.05) is 13.8 Å². The normalized spacial score (nSPS) is 12.9. The van der Waals surface area contributed by atoms with Crippen LogP contribution in [-0.2, 0) is 0 Å². The largest absolute Gasteiger partial charge is 0.391 e. The summed E-state index contributed by atoms with van der Waals surface area (Å²) in [5.41, 5.74) is 0.591. The van der Waals surface area contributed by atoms with Gasteiger partial charge < -0.3 is 10.4 Å². The van der Waals surface area contributed by atoms with Crippen LogP contribution in [0.3, 0.4) is 0 Å². The van der Waals surface area contributed by atoms with Crippen LogP contribution in [0.4, 0.5) is 0 Å². The number of carbonyl (C=O) groups excluding carboxylic acids is 1. The SMILES string of the molecule is CC(C)C(O)CNC(=O)c1cc(Br)sc1Br. The van der Waals surface area contributed by atoms with Crippen LogP contribution in [0, 0.1) is 5.92 Å². The molecule has 0 aromatic carbocycles. The highest BCUT2D eigenvalue weighted by atomic mass is 79.9. The Morgan fingerprint density at radius 1 is 1.56 bits per heavy atom. The number of hydrogen-bond acceptors (Lipinski definition) is 3. The molecule has 16 heavy (non-hydrogen) atoms. The van der Waals surface area contributed by atoms with E-state index in [0.29, 0.717) is 5.56 Å². The molecular weight excluding hydrogens is 358 g/mol. The van der Waals surface area contributed by atoms with E-state index in [1.165, 1.54) is 11.3 Å². The molecule has 1 atom stereocenters. The molecule has 1 unspecified atom stereocenters. The van der Waals surface area contributed by atoms with E-state index >= 15 is 0 Å². The van der Waals surface area contributed by atoms with Crippen LogP contribution in [0.15, 0.2) is 13.6 Å². The van der Waals surface area contributed by atoms with E-state index in [1.807, 2.05) is 13.8 Å². The van der Waals surface area contributed by atoms with Gasteiger partial charge in [0.05, 0.1) is 19.2 Å². The summed E-state index contributed by atoms with van der Waals surface area (Å²) in [4.78, 5) is 11.7. The average Bonchev–Trinajstić information content (AvgIpc) is 2.53. The molecule has 1 heterocycles. The fourth-order valence-electron chi connectivity index (χ4n) is 1.02. The van der Waals surface area contributed by atoms with Gasteiger partial charge in [-0.05, 0) is 43.8 Å². The molecule has 0 aliphatic carbocycles. The van der Waals surface area contributed by atoms with Crippen molar-refractivity contribution < 1.29 is 9.90 Å². The molecule has 1 amide bonds. The maximum Gasteiger partial charge on any atom is 0.253 e. The molecule has 0 saturated carbocycles. The summed E-state index contributed by atoms with van der Waals surface area (Å²) < 4.78 is 1.69. The Morgan fingerprint density at radius 2 is 2.19 bits per heavy atom. The van der Waals surface area contributed by atoms with Gasteiger partial charge in [0.25, 0.3) is 5.91 Å². The summed E-state index contributed by atoms with van der Waals surface area (Å²) >= 11 is 8.08. The van der Waals surface area contributed by atoms with E-state index in [4.69, 9.17) is 0 Å². The van der Waals surface area contributed by atoms with Crippen LogP contribution in [0.1, 0.15) is 24.2 Å². The van der Waals surface area contributed by atoms with Crippen LogP contribution in [0.2, 0.25) is 0 Å². The highest BCUT2D eigenvalue weighted by molar-refractivity contribution is 9.12. The molecule has 0 saturated heterocycles. The van der Waals surface area contributed by atoms with Crippen molar-refractivity contribution in [1.29, 1.82) is 0 Å². The Labute approximate surface area is 116 Å². The van der Waals surface area contributed by atoms with Crippen LogP contribution >= 0.6 is 43.2 Å². The number of thiophene rings is 1. The molecule has 1 rings (SSSR count). The van der Waals surface area contributed by atoms with Crippen molar-refractivity contribution >= 4 is 49.1 Å². The minimum Gasteiger partial charge on any atom is -0.391 e. The minimum absolute atomic E-state index is 0.137. The second-order valence-corrected chi connectivity index (χ2v) is 7.51. The average molecular weight is 371 g/mol. The predicted molar refractivity (Wildman–Crippen MR) is 72.9 cm³/mol. The lowest BCUT2D eigenvalue weighted by Gasteiger charge is -2.14. The van der Waals surface area contributed by atoms with Crippen molar-refractivity contribution in [2.75, 3.05) is 6.54 Å². The Kier molecular flexibility index (Phi) is 5.43. The zero-order valence-electron chi connectivity index (χ0n) is 8.96.